The molecule has 0 bridgehead atoms. The molecule has 0 radical (unpaired) electrons. The van der Waals surface area contributed by atoms with E-state index in [1.165, 1.54) is 0 Å². The first-order valence-corrected chi connectivity index (χ1v) is 6.95. The Morgan fingerprint density at radius 1 is 1.65 bits per heavy atom. The number of carbonyl (C=O) groups excluding carboxylic acids is 1. The van der Waals surface area contributed by atoms with Crippen LogP contribution in [0.4, 0.5) is 5.69 Å². The highest BCUT2D eigenvalue weighted by Gasteiger charge is 2.21. The van der Waals surface area contributed by atoms with Crippen molar-refractivity contribution in [2.45, 2.75) is 6.10 Å². The van der Waals surface area contributed by atoms with Crippen LogP contribution in [0.25, 0.3) is 0 Å². The molecule has 1 saturated heterocycles. The summed E-state index contributed by atoms with van der Waals surface area (Å²) in [7, 11) is 1.89. The smallest absolute Gasteiger partial charge is 0.238 e. The first kappa shape index (κ1) is 15.2. The number of morpholine rings is 1. The number of carbonyl (C=O) groups is 1. The number of hydrogen-bond acceptors (Lipinski definition) is 5. The molecule has 1 atom stereocenters. The van der Waals surface area contributed by atoms with E-state index >= 15 is 0 Å². The summed E-state index contributed by atoms with van der Waals surface area (Å²) in [5.74, 6) is -0.0926. The number of aromatic nitrogens is 1. The molecule has 20 heavy (non-hydrogen) atoms. The minimum atomic E-state index is -0.0926. The maximum Gasteiger partial charge on any atom is 0.238 e. The zero-order valence-corrected chi connectivity index (χ0v) is 12.2. The van der Waals surface area contributed by atoms with Gasteiger partial charge in [-0.25, -0.2) is 4.98 Å². The third-order valence-corrected chi connectivity index (χ3v) is 3.36. The molecule has 1 aromatic heterocycles. The van der Waals surface area contributed by atoms with Gasteiger partial charge in [0, 0.05) is 25.8 Å². The van der Waals surface area contributed by atoms with E-state index in [-0.39, 0.29) is 12.0 Å². The SMILES string of the molecule is CNCC1CN(CC(=O)Nc2cccnc2Cl)CCO1. The number of nitrogens with one attached hydrogen (secondary N) is 2. The quantitative estimate of drug-likeness (QED) is 0.779. The highest BCUT2D eigenvalue weighted by Crippen LogP contribution is 2.17. The Morgan fingerprint density at radius 2 is 2.50 bits per heavy atom. The molecule has 2 N–H and O–H groups in total. The van der Waals surface area contributed by atoms with E-state index in [2.05, 4.69) is 20.5 Å². The highest BCUT2D eigenvalue weighted by atomic mass is 35.5. The summed E-state index contributed by atoms with van der Waals surface area (Å²) in [6.07, 6.45) is 1.71. The van der Waals surface area contributed by atoms with Crippen molar-refractivity contribution in [1.29, 1.82) is 0 Å². The molecule has 1 fully saturated rings. The van der Waals surface area contributed by atoms with Gasteiger partial charge in [-0.05, 0) is 19.2 Å². The molecule has 0 aliphatic carbocycles. The maximum absolute atomic E-state index is 12.0. The number of nitrogens with zero attached hydrogens (tertiary/aromatic N) is 2. The van der Waals surface area contributed by atoms with Gasteiger partial charge in [-0.3, -0.25) is 9.69 Å². The molecule has 2 heterocycles. The summed E-state index contributed by atoms with van der Waals surface area (Å²) in [5.41, 5.74) is 0.541. The predicted molar refractivity (Wildman–Crippen MR) is 78.0 cm³/mol. The van der Waals surface area contributed by atoms with E-state index in [1.54, 1.807) is 18.3 Å². The molecule has 1 aliphatic rings. The van der Waals surface area contributed by atoms with Crippen LogP contribution in [-0.2, 0) is 9.53 Å². The lowest BCUT2D eigenvalue weighted by Gasteiger charge is -2.32. The number of likely N-dealkylation sites (N-methyl/N-ethyl adjacent to an activating group) is 1. The molecule has 6 nitrogen and oxygen atoms in total. The fourth-order valence-corrected chi connectivity index (χ4v) is 2.31. The largest absolute Gasteiger partial charge is 0.374 e. The van der Waals surface area contributed by atoms with Gasteiger partial charge in [-0.1, -0.05) is 11.6 Å². The molecule has 0 spiro atoms. The van der Waals surface area contributed by atoms with Crippen LogP contribution >= 0.6 is 11.6 Å². The van der Waals surface area contributed by atoms with Gasteiger partial charge in [0.05, 0.1) is 24.9 Å². The van der Waals surface area contributed by atoms with Crippen molar-refractivity contribution >= 4 is 23.2 Å². The number of anilines is 1. The lowest BCUT2D eigenvalue weighted by atomic mass is 10.2. The first-order valence-electron chi connectivity index (χ1n) is 6.58. The van der Waals surface area contributed by atoms with Crippen LogP contribution < -0.4 is 10.6 Å². The number of rotatable bonds is 5. The predicted octanol–water partition coefficient (Wildman–Crippen LogP) is 0.594. The van der Waals surface area contributed by atoms with Crippen molar-refractivity contribution in [2.75, 3.05) is 45.2 Å². The highest BCUT2D eigenvalue weighted by molar-refractivity contribution is 6.32. The summed E-state index contributed by atoms with van der Waals surface area (Å²) in [6, 6.07) is 3.47. The summed E-state index contributed by atoms with van der Waals surface area (Å²) in [6.45, 7) is 3.26. The molecule has 7 heteroatoms. The van der Waals surface area contributed by atoms with Crippen molar-refractivity contribution in [1.82, 2.24) is 15.2 Å². The molecular weight excluding hydrogens is 280 g/mol. The number of pyridine rings is 1. The summed E-state index contributed by atoms with van der Waals surface area (Å²) >= 11 is 5.91. The van der Waals surface area contributed by atoms with Gasteiger partial charge in [0.1, 0.15) is 0 Å². The molecule has 0 saturated carbocycles. The third-order valence-electron chi connectivity index (χ3n) is 3.06. The van der Waals surface area contributed by atoms with E-state index < -0.39 is 0 Å². The van der Waals surface area contributed by atoms with Gasteiger partial charge in [0.25, 0.3) is 0 Å². The Morgan fingerprint density at radius 3 is 3.25 bits per heavy atom. The number of ether oxygens (including phenoxy) is 1. The molecule has 1 aromatic rings. The second kappa shape index (κ2) is 7.54. The molecule has 2 rings (SSSR count). The third kappa shape index (κ3) is 4.42. The zero-order chi connectivity index (χ0) is 14.4. The Kier molecular flexibility index (Phi) is 5.72. The zero-order valence-electron chi connectivity index (χ0n) is 11.4. The van der Waals surface area contributed by atoms with Crippen LogP contribution in [0.15, 0.2) is 18.3 Å². The van der Waals surface area contributed by atoms with Crippen molar-refractivity contribution < 1.29 is 9.53 Å². The second-order valence-corrected chi connectivity index (χ2v) is 5.03. The summed E-state index contributed by atoms with van der Waals surface area (Å²) < 4.78 is 5.60. The minimum Gasteiger partial charge on any atom is -0.374 e. The van der Waals surface area contributed by atoms with Crippen LogP contribution in [0, 0.1) is 0 Å². The van der Waals surface area contributed by atoms with E-state index in [4.69, 9.17) is 16.3 Å². The lowest BCUT2D eigenvalue weighted by Crippen LogP contribution is -2.48. The topological polar surface area (TPSA) is 66.5 Å². The minimum absolute atomic E-state index is 0.0926. The Bertz CT molecular complexity index is 456. The van der Waals surface area contributed by atoms with Crippen LogP contribution in [-0.4, -0.2) is 61.7 Å². The fourth-order valence-electron chi connectivity index (χ4n) is 2.15. The van der Waals surface area contributed by atoms with Gasteiger partial charge in [-0.2, -0.15) is 0 Å². The lowest BCUT2D eigenvalue weighted by molar-refractivity contribution is -0.119. The normalized spacial score (nSPS) is 19.8. The average molecular weight is 299 g/mol. The molecule has 1 amide bonds. The van der Waals surface area contributed by atoms with E-state index in [0.717, 1.165) is 19.6 Å². The van der Waals surface area contributed by atoms with Gasteiger partial charge < -0.3 is 15.4 Å². The summed E-state index contributed by atoms with van der Waals surface area (Å²) in [5, 5.41) is 6.16. The van der Waals surface area contributed by atoms with E-state index in [9.17, 15) is 4.79 Å². The maximum atomic E-state index is 12.0. The second-order valence-electron chi connectivity index (χ2n) is 4.68. The molecule has 1 unspecified atom stereocenters. The van der Waals surface area contributed by atoms with Crippen LogP contribution in [0.3, 0.4) is 0 Å². The number of amides is 1. The molecule has 110 valence electrons. The van der Waals surface area contributed by atoms with Gasteiger partial charge in [0.15, 0.2) is 5.15 Å². The fraction of sp³-hybridized carbons (Fsp3) is 0.538. The van der Waals surface area contributed by atoms with Gasteiger partial charge in [0.2, 0.25) is 5.91 Å². The number of halogens is 1. The van der Waals surface area contributed by atoms with Gasteiger partial charge in [-0.15, -0.1) is 0 Å². The van der Waals surface area contributed by atoms with E-state index in [1.807, 2.05) is 7.05 Å². The Hall–Kier alpha value is -1.21. The van der Waals surface area contributed by atoms with Crippen molar-refractivity contribution in [3.05, 3.63) is 23.5 Å². The number of hydrogen-bond donors (Lipinski definition) is 2. The van der Waals surface area contributed by atoms with Crippen molar-refractivity contribution in [2.24, 2.45) is 0 Å². The van der Waals surface area contributed by atoms with Crippen LogP contribution in [0.5, 0.6) is 0 Å². The standard InChI is InChI=1S/C13H19ClN4O2/c1-15-7-10-8-18(5-6-20-10)9-12(19)17-11-3-2-4-16-13(11)14/h2-4,10,15H,5-9H2,1H3,(H,17,19). The van der Waals surface area contributed by atoms with Crippen molar-refractivity contribution in [3.63, 3.8) is 0 Å². The van der Waals surface area contributed by atoms with Crippen molar-refractivity contribution in [3.8, 4) is 0 Å². The first-order chi connectivity index (χ1) is 9.69. The monoisotopic (exact) mass is 298 g/mol. The molecular formula is C13H19ClN4O2. The Labute approximate surface area is 123 Å². The van der Waals surface area contributed by atoms with Crippen LogP contribution in [0.2, 0.25) is 5.15 Å². The molecule has 0 aromatic carbocycles. The average Bonchev–Trinajstić information content (AvgIpc) is 2.42. The van der Waals surface area contributed by atoms with Gasteiger partial charge >= 0.3 is 0 Å². The summed E-state index contributed by atoms with van der Waals surface area (Å²) in [4.78, 5) is 18.0. The van der Waals surface area contributed by atoms with E-state index in [0.29, 0.717) is 24.0 Å². The molecule has 1 aliphatic heterocycles. The van der Waals surface area contributed by atoms with Crippen LogP contribution in [0.1, 0.15) is 0 Å². The Balaban J connectivity index is 1.84.